The molecule has 2 N–H and O–H groups in total. The Labute approximate surface area is 130 Å². The van der Waals surface area contributed by atoms with E-state index in [0.717, 1.165) is 12.8 Å². The lowest BCUT2D eigenvalue weighted by Gasteiger charge is -2.14. The van der Waals surface area contributed by atoms with Gasteiger partial charge >= 0.3 is 5.97 Å². The number of methoxy groups -OCH3 is 1. The number of H-pyrrole nitrogens is 1. The Balaban J connectivity index is 3.07. The van der Waals surface area contributed by atoms with Gasteiger partial charge in [0, 0.05) is 18.7 Å². The lowest BCUT2D eigenvalue weighted by Crippen LogP contribution is -2.35. The van der Waals surface area contributed by atoms with E-state index in [1.807, 2.05) is 13.8 Å². The number of ether oxygens (including phenoxy) is 1. The number of carbonyl (C=O) groups excluding carboxylic acids is 3. The number of amides is 1. The van der Waals surface area contributed by atoms with Gasteiger partial charge in [-0.3, -0.25) is 9.59 Å². The highest BCUT2D eigenvalue weighted by Crippen LogP contribution is 2.20. The van der Waals surface area contributed by atoms with Crippen LogP contribution in [0.3, 0.4) is 0 Å². The van der Waals surface area contributed by atoms with Gasteiger partial charge in [0.15, 0.2) is 5.78 Å². The molecule has 1 rings (SSSR count). The molecular weight excluding hydrogens is 284 g/mol. The van der Waals surface area contributed by atoms with Crippen molar-refractivity contribution < 1.29 is 19.1 Å². The van der Waals surface area contributed by atoms with Crippen LogP contribution in [0.4, 0.5) is 0 Å². The molecule has 6 heteroatoms. The van der Waals surface area contributed by atoms with E-state index in [-0.39, 0.29) is 29.7 Å². The lowest BCUT2D eigenvalue weighted by molar-refractivity contribution is -0.121. The van der Waals surface area contributed by atoms with E-state index in [1.165, 1.54) is 14.0 Å². The summed E-state index contributed by atoms with van der Waals surface area (Å²) in [6.45, 7) is 7.08. The summed E-state index contributed by atoms with van der Waals surface area (Å²) in [5.41, 5.74) is 1.54. The van der Waals surface area contributed by atoms with Crippen LogP contribution in [0, 0.1) is 6.92 Å². The van der Waals surface area contributed by atoms with Gasteiger partial charge in [-0.25, -0.2) is 4.79 Å². The van der Waals surface area contributed by atoms with Crippen molar-refractivity contribution in [3.8, 4) is 0 Å². The minimum Gasteiger partial charge on any atom is -0.465 e. The topological polar surface area (TPSA) is 88.3 Å². The van der Waals surface area contributed by atoms with Gasteiger partial charge in [0.05, 0.1) is 24.8 Å². The van der Waals surface area contributed by atoms with Crippen molar-refractivity contribution in [2.75, 3.05) is 7.11 Å². The summed E-state index contributed by atoms with van der Waals surface area (Å²) in [6, 6.07) is 0.109. The van der Waals surface area contributed by atoms with Crippen molar-refractivity contribution in [1.29, 1.82) is 0 Å². The van der Waals surface area contributed by atoms with Gasteiger partial charge in [-0.2, -0.15) is 0 Å². The molecule has 0 bridgehead atoms. The number of Topliss-reactive ketones (excluding diaryl/α,β-unsaturated/α-hetero) is 1. The third-order valence-corrected chi connectivity index (χ3v) is 3.76. The quantitative estimate of drug-likeness (QED) is 0.597. The third-order valence-electron chi connectivity index (χ3n) is 3.76. The Morgan fingerprint density at radius 2 is 1.82 bits per heavy atom. The maximum Gasteiger partial charge on any atom is 0.339 e. The van der Waals surface area contributed by atoms with Crippen molar-refractivity contribution in [3.63, 3.8) is 0 Å². The standard InChI is InChI=1S/C16H24N2O4/c1-6-11(7-2)17-13(20)8-12-14(16(21)22-5)9(3)15(18-12)10(4)19/h11,18H,6-8H2,1-5H3,(H,17,20). The molecular formula is C16H24N2O4. The summed E-state index contributed by atoms with van der Waals surface area (Å²) in [7, 11) is 1.27. The SMILES string of the molecule is CCC(CC)NC(=O)Cc1[nH]c(C(C)=O)c(C)c1C(=O)OC. The van der Waals surface area contributed by atoms with Crippen LogP contribution in [0.5, 0.6) is 0 Å². The minimum atomic E-state index is -0.549. The fourth-order valence-corrected chi connectivity index (χ4v) is 2.45. The molecule has 0 aliphatic heterocycles. The normalized spacial score (nSPS) is 10.6. The van der Waals surface area contributed by atoms with Gasteiger partial charge in [0.25, 0.3) is 0 Å². The molecule has 0 saturated heterocycles. The summed E-state index contributed by atoms with van der Waals surface area (Å²) < 4.78 is 4.75. The number of hydrogen-bond donors (Lipinski definition) is 2. The molecule has 0 aliphatic rings. The number of hydrogen-bond acceptors (Lipinski definition) is 4. The number of rotatable bonds is 7. The second-order valence-corrected chi connectivity index (χ2v) is 5.28. The molecule has 0 atom stereocenters. The molecule has 0 unspecified atom stereocenters. The molecule has 1 amide bonds. The first-order chi connectivity index (χ1) is 10.3. The van der Waals surface area contributed by atoms with Crippen LogP contribution in [0.15, 0.2) is 0 Å². The molecule has 0 spiro atoms. The van der Waals surface area contributed by atoms with Crippen LogP contribution in [0.2, 0.25) is 0 Å². The van der Waals surface area contributed by atoms with Crippen molar-refractivity contribution >= 4 is 17.7 Å². The van der Waals surface area contributed by atoms with Crippen molar-refractivity contribution in [1.82, 2.24) is 10.3 Å². The Kier molecular flexibility index (Phi) is 6.34. The molecule has 6 nitrogen and oxygen atoms in total. The van der Waals surface area contributed by atoms with Crippen LogP contribution in [-0.4, -0.2) is 35.8 Å². The van der Waals surface area contributed by atoms with Crippen molar-refractivity contribution in [2.24, 2.45) is 0 Å². The molecule has 0 fully saturated rings. The van der Waals surface area contributed by atoms with Gasteiger partial charge < -0.3 is 15.0 Å². The Morgan fingerprint density at radius 1 is 1.23 bits per heavy atom. The number of ketones is 1. The molecule has 0 aromatic carbocycles. The summed E-state index contributed by atoms with van der Waals surface area (Å²) in [5.74, 6) is -0.920. The van der Waals surface area contributed by atoms with Crippen molar-refractivity contribution in [2.45, 2.75) is 53.0 Å². The first-order valence-corrected chi connectivity index (χ1v) is 7.45. The Bertz CT molecular complexity index is 571. The van der Waals surface area contributed by atoms with Gasteiger partial charge in [0.2, 0.25) is 5.91 Å². The monoisotopic (exact) mass is 308 g/mol. The Hall–Kier alpha value is -2.11. The highest BCUT2D eigenvalue weighted by atomic mass is 16.5. The molecule has 1 heterocycles. The number of esters is 1. The first-order valence-electron chi connectivity index (χ1n) is 7.45. The average molecular weight is 308 g/mol. The predicted octanol–water partition coefficient (Wildman–Crippen LogP) is 2.16. The van der Waals surface area contributed by atoms with Crippen LogP contribution >= 0.6 is 0 Å². The number of aromatic nitrogens is 1. The predicted molar refractivity (Wildman–Crippen MR) is 83.1 cm³/mol. The van der Waals surface area contributed by atoms with Gasteiger partial charge in [-0.1, -0.05) is 13.8 Å². The van der Waals surface area contributed by atoms with Gasteiger partial charge in [-0.05, 0) is 25.3 Å². The summed E-state index contributed by atoms with van der Waals surface area (Å²) in [4.78, 5) is 38.6. The fraction of sp³-hybridized carbons (Fsp3) is 0.562. The maximum atomic E-state index is 12.1. The highest BCUT2D eigenvalue weighted by Gasteiger charge is 2.24. The Morgan fingerprint density at radius 3 is 2.27 bits per heavy atom. The zero-order valence-electron chi connectivity index (χ0n) is 13.8. The number of carbonyl (C=O) groups is 3. The smallest absolute Gasteiger partial charge is 0.339 e. The molecule has 22 heavy (non-hydrogen) atoms. The second kappa shape index (κ2) is 7.77. The van der Waals surface area contributed by atoms with Crippen LogP contribution in [-0.2, 0) is 16.0 Å². The van der Waals surface area contributed by atoms with E-state index < -0.39 is 5.97 Å². The zero-order chi connectivity index (χ0) is 16.9. The summed E-state index contributed by atoms with van der Waals surface area (Å²) in [6.07, 6.45) is 1.69. The highest BCUT2D eigenvalue weighted by molar-refractivity contribution is 6.01. The van der Waals surface area contributed by atoms with E-state index in [1.54, 1.807) is 6.92 Å². The lowest BCUT2D eigenvalue weighted by atomic mass is 10.1. The third kappa shape index (κ3) is 3.96. The number of aromatic amines is 1. The van der Waals surface area contributed by atoms with Crippen LogP contribution < -0.4 is 5.32 Å². The van der Waals surface area contributed by atoms with Gasteiger partial charge in [-0.15, -0.1) is 0 Å². The molecule has 122 valence electrons. The van der Waals surface area contributed by atoms with Crippen molar-refractivity contribution in [3.05, 3.63) is 22.5 Å². The average Bonchev–Trinajstić information content (AvgIpc) is 2.80. The van der Waals surface area contributed by atoms with E-state index in [9.17, 15) is 14.4 Å². The molecule has 0 aliphatic carbocycles. The fourth-order valence-electron chi connectivity index (χ4n) is 2.45. The van der Waals surface area contributed by atoms with Gasteiger partial charge in [0.1, 0.15) is 0 Å². The van der Waals surface area contributed by atoms with E-state index in [0.29, 0.717) is 17.0 Å². The van der Waals surface area contributed by atoms with E-state index in [2.05, 4.69) is 10.3 Å². The van der Waals surface area contributed by atoms with Crippen LogP contribution in [0.25, 0.3) is 0 Å². The molecule has 1 aromatic heterocycles. The largest absolute Gasteiger partial charge is 0.465 e. The maximum absolute atomic E-state index is 12.1. The number of nitrogens with one attached hydrogen (secondary N) is 2. The second-order valence-electron chi connectivity index (χ2n) is 5.28. The molecule has 1 aromatic rings. The van der Waals surface area contributed by atoms with E-state index >= 15 is 0 Å². The first kappa shape index (κ1) is 17.9. The summed E-state index contributed by atoms with van der Waals surface area (Å²) >= 11 is 0. The summed E-state index contributed by atoms with van der Waals surface area (Å²) in [5, 5.41) is 2.91. The van der Waals surface area contributed by atoms with Crippen LogP contribution in [0.1, 0.15) is 65.7 Å². The zero-order valence-corrected chi connectivity index (χ0v) is 13.8. The minimum absolute atomic E-state index is 0.00898. The molecule has 0 saturated carbocycles. The molecule has 0 radical (unpaired) electrons. The van der Waals surface area contributed by atoms with E-state index in [4.69, 9.17) is 4.74 Å².